The molecule has 2 aromatic carbocycles. The summed E-state index contributed by atoms with van der Waals surface area (Å²) >= 11 is 0. The summed E-state index contributed by atoms with van der Waals surface area (Å²) in [7, 11) is -3.46. The number of sulfonamides is 1. The van der Waals surface area contributed by atoms with Crippen LogP contribution in [0.25, 0.3) is 0 Å². The molecular weight excluding hydrogens is 344 g/mol. The third-order valence-corrected chi connectivity index (χ3v) is 7.22. The molecule has 140 valence electrons. The van der Waals surface area contributed by atoms with Crippen molar-refractivity contribution in [1.82, 2.24) is 9.21 Å². The maximum atomic E-state index is 13.2. The van der Waals surface area contributed by atoms with Crippen LogP contribution >= 0.6 is 0 Å². The van der Waals surface area contributed by atoms with Crippen LogP contribution in [0.1, 0.15) is 30.5 Å². The van der Waals surface area contributed by atoms with E-state index in [-0.39, 0.29) is 12.1 Å². The van der Waals surface area contributed by atoms with Crippen molar-refractivity contribution >= 4 is 10.0 Å². The van der Waals surface area contributed by atoms with Gasteiger partial charge < -0.3 is 0 Å². The highest BCUT2D eigenvalue weighted by Gasteiger charge is 2.36. The van der Waals surface area contributed by atoms with E-state index in [1.54, 1.807) is 10.4 Å². The van der Waals surface area contributed by atoms with E-state index in [4.69, 9.17) is 0 Å². The van der Waals surface area contributed by atoms with E-state index >= 15 is 0 Å². The minimum atomic E-state index is -3.46. The zero-order chi connectivity index (χ0) is 18.9. The topological polar surface area (TPSA) is 40.6 Å². The minimum Gasteiger partial charge on any atom is -0.291 e. The van der Waals surface area contributed by atoms with Gasteiger partial charge in [-0.15, -0.1) is 0 Å². The Labute approximate surface area is 157 Å². The van der Waals surface area contributed by atoms with Gasteiger partial charge in [0.15, 0.2) is 0 Å². The molecule has 2 atom stereocenters. The molecular formula is C21H28N2O2S. The summed E-state index contributed by atoms with van der Waals surface area (Å²) in [6.07, 6.45) is 0. The first kappa shape index (κ1) is 19.1. The van der Waals surface area contributed by atoms with E-state index in [9.17, 15) is 8.42 Å². The Hall–Kier alpha value is -1.69. The molecule has 1 saturated heterocycles. The number of rotatable bonds is 4. The molecule has 2 unspecified atom stereocenters. The monoisotopic (exact) mass is 372 g/mol. The first-order valence-corrected chi connectivity index (χ1v) is 10.6. The maximum Gasteiger partial charge on any atom is 0.243 e. The summed E-state index contributed by atoms with van der Waals surface area (Å²) in [5.41, 5.74) is 3.16. The lowest BCUT2D eigenvalue weighted by Gasteiger charge is -2.44. The van der Waals surface area contributed by atoms with Crippen LogP contribution in [0, 0.1) is 13.8 Å². The quantitative estimate of drug-likeness (QED) is 0.823. The minimum absolute atomic E-state index is 0.166. The summed E-state index contributed by atoms with van der Waals surface area (Å²) in [4.78, 5) is 2.82. The van der Waals surface area contributed by atoms with Crippen molar-refractivity contribution in [2.75, 3.05) is 13.1 Å². The molecule has 0 aliphatic carbocycles. The van der Waals surface area contributed by atoms with Gasteiger partial charge in [0.2, 0.25) is 10.0 Å². The summed E-state index contributed by atoms with van der Waals surface area (Å²) in [6, 6.07) is 16.2. The van der Waals surface area contributed by atoms with Gasteiger partial charge in [0.1, 0.15) is 0 Å². The van der Waals surface area contributed by atoms with Crippen molar-refractivity contribution in [3.8, 4) is 0 Å². The smallest absolute Gasteiger partial charge is 0.243 e. The summed E-state index contributed by atoms with van der Waals surface area (Å²) in [5.74, 6) is 0. The van der Waals surface area contributed by atoms with Gasteiger partial charge in [0.25, 0.3) is 0 Å². The number of aryl methyl sites for hydroxylation is 2. The van der Waals surface area contributed by atoms with Gasteiger partial charge in [0.05, 0.1) is 4.90 Å². The van der Waals surface area contributed by atoms with E-state index < -0.39 is 10.0 Å². The average molecular weight is 373 g/mol. The molecule has 0 amide bonds. The van der Waals surface area contributed by atoms with Gasteiger partial charge in [0, 0.05) is 31.7 Å². The molecule has 1 heterocycles. The first-order chi connectivity index (χ1) is 12.3. The van der Waals surface area contributed by atoms with E-state index in [1.807, 2.05) is 44.2 Å². The Morgan fingerprint density at radius 1 is 0.962 bits per heavy atom. The zero-order valence-electron chi connectivity index (χ0n) is 16.0. The van der Waals surface area contributed by atoms with Gasteiger partial charge in [-0.25, -0.2) is 8.42 Å². The fourth-order valence-electron chi connectivity index (χ4n) is 3.84. The molecule has 0 spiro atoms. The van der Waals surface area contributed by atoms with Crippen molar-refractivity contribution in [2.45, 2.75) is 51.2 Å². The Morgan fingerprint density at radius 3 is 2.15 bits per heavy atom. The van der Waals surface area contributed by atoms with E-state index in [0.29, 0.717) is 18.0 Å². The van der Waals surface area contributed by atoms with Crippen LogP contribution in [0.3, 0.4) is 0 Å². The third-order valence-electron chi connectivity index (χ3n) is 5.22. The van der Waals surface area contributed by atoms with Gasteiger partial charge in [-0.2, -0.15) is 4.31 Å². The Kier molecular flexibility index (Phi) is 5.51. The van der Waals surface area contributed by atoms with Crippen LogP contribution in [0.15, 0.2) is 53.4 Å². The lowest BCUT2D eigenvalue weighted by molar-refractivity contribution is 0.0698. The maximum absolute atomic E-state index is 13.2. The molecule has 4 nitrogen and oxygen atoms in total. The van der Waals surface area contributed by atoms with Crippen LogP contribution < -0.4 is 0 Å². The largest absolute Gasteiger partial charge is 0.291 e. The van der Waals surface area contributed by atoms with Crippen LogP contribution in [0.4, 0.5) is 0 Å². The Bertz CT molecular complexity index is 853. The number of hydrogen-bond acceptors (Lipinski definition) is 3. The summed E-state index contributed by atoms with van der Waals surface area (Å²) in [6.45, 7) is 9.97. The van der Waals surface area contributed by atoms with E-state index in [2.05, 4.69) is 30.9 Å². The molecule has 0 aromatic heterocycles. The standard InChI is InChI=1S/C21H28N2O2S/c1-16-10-11-21(17(2)12-16)26(24,25)22-13-18(3)23(19(4)14-22)15-20-8-6-5-7-9-20/h5-12,18-19H,13-15H2,1-4H3. The second kappa shape index (κ2) is 7.51. The lowest BCUT2D eigenvalue weighted by Crippen LogP contribution is -2.57. The number of hydrogen-bond donors (Lipinski definition) is 0. The number of nitrogens with zero attached hydrogens (tertiary/aromatic N) is 2. The van der Waals surface area contributed by atoms with Crippen molar-refractivity contribution in [3.05, 3.63) is 65.2 Å². The van der Waals surface area contributed by atoms with Crippen LogP contribution in [0.5, 0.6) is 0 Å². The van der Waals surface area contributed by atoms with Gasteiger partial charge >= 0.3 is 0 Å². The Balaban J connectivity index is 1.80. The van der Waals surface area contributed by atoms with Gasteiger partial charge in [-0.3, -0.25) is 4.90 Å². The van der Waals surface area contributed by atoms with Crippen molar-refractivity contribution in [1.29, 1.82) is 0 Å². The molecule has 1 aliphatic heterocycles. The highest BCUT2D eigenvalue weighted by atomic mass is 32.2. The SMILES string of the molecule is Cc1ccc(S(=O)(=O)N2CC(C)N(Cc3ccccc3)C(C)C2)c(C)c1. The third kappa shape index (κ3) is 3.85. The van der Waals surface area contributed by atoms with Crippen molar-refractivity contribution < 1.29 is 8.42 Å². The molecule has 26 heavy (non-hydrogen) atoms. The van der Waals surface area contributed by atoms with Crippen LogP contribution in [-0.2, 0) is 16.6 Å². The average Bonchev–Trinajstić information content (AvgIpc) is 2.58. The lowest BCUT2D eigenvalue weighted by atomic mass is 10.1. The second-order valence-corrected chi connectivity index (χ2v) is 9.35. The highest BCUT2D eigenvalue weighted by Crippen LogP contribution is 2.26. The molecule has 0 N–H and O–H groups in total. The van der Waals surface area contributed by atoms with Crippen LogP contribution in [-0.4, -0.2) is 42.8 Å². The molecule has 2 aromatic rings. The van der Waals surface area contributed by atoms with Crippen molar-refractivity contribution in [2.24, 2.45) is 0 Å². The van der Waals surface area contributed by atoms with Gasteiger partial charge in [-0.05, 0) is 44.9 Å². The van der Waals surface area contributed by atoms with Crippen molar-refractivity contribution in [3.63, 3.8) is 0 Å². The van der Waals surface area contributed by atoms with Gasteiger partial charge in [-0.1, -0.05) is 48.0 Å². The molecule has 1 fully saturated rings. The number of piperazine rings is 1. The summed E-state index contributed by atoms with van der Waals surface area (Å²) < 4.78 is 28.0. The Morgan fingerprint density at radius 2 is 1.58 bits per heavy atom. The molecule has 1 aliphatic rings. The molecule has 5 heteroatoms. The molecule has 0 radical (unpaired) electrons. The predicted molar refractivity (Wildman–Crippen MR) is 106 cm³/mol. The predicted octanol–water partition coefficient (Wildman–Crippen LogP) is 3.59. The summed E-state index contributed by atoms with van der Waals surface area (Å²) in [5, 5.41) is 0. The normalized spacial score (nSPS) is 22.5. The highest BCUT2D eigenvalue weighted by molar-refractivity contribution is 7.89. The molecule has 3 rings (SSSR count). The van der Waals surface area contributed by atoms with Crippen LogP contribution in [0.2, 0.25) is 0 Å². The number of benzene rings is 2. The molecule has 0 saturated carbocycles. The zero-order valence-corrected chi connectivity index (χ0v) is 16.8. The van der Waals surface area contributed by atoms with E-state index in [0.717, 1.165) is 17.7 Å². The fourth-order valence-corrected chi connectivity index (χ4v) is 5.65. The second-order valence-electron chi connectivity index (χ2n) is 7.45. The first-order valence-electron chi connectivity index (χ1n) is 9.16. The van der Waals surface area contributed by atoms with E-state index in [1.165, 1.54) is 5.56 Å². The molecule has 0 bridgehead atoms. The fraction of sp³-hybridized carbons (Fsp3) is 0.429.